The van der Waals surface area contributed by atoms with Gasteiger partial charge in [0.25, 0.3) is 5.91 Å². The molecule has 0 fully saturated rings. The normalized spacial score (nSPS) is 11.8. The fourth-order valence-electron chi connectivity index (χ4n) is 1.25. The van der Waals surface area contributed by atoms with E-state index in [9.17, 15) is 9.59 Å². The van der Waals surface area contributed by atoms with Crippen LogP contribution in [-0.2, 0) is 4.79 Å². The van der Waals surface area contributed by atoms with Crippen LogP contribution in [0.25, 0.3) is 0 Å². The first-order valence-electron chi connectivity index (χ1n) is 4.74. The van der Waals surface area contributed by atoms with Crippen LogP contribution < -0.4 is 11.1 Å². The van der Waals surface area contributed by atoms with Crippen molar-refractivity contribution in [3.63, 3.8) is 0 Å². The smallest absolute Gasteiger partial charge is 0.251 e. The van der Waals surface area contributed by atoms with Gasteiger partial charge in [-0.1, -0.05) is 18.2 Å². The quantitative estimate of drug-likeness (QED) is 0.760. The molecule has 15 heavy (non-hydrogen) atoms. The average molecular weight is 206 g/mol. The summed E-state index contributed by atoms with van der Waals surface area (Å²) < 4.78 is 0. The maximum atomic E-state index is 11.6. The van der Waals surface area contributed by atoms with Crippen LogP contribution in [0, 0.1) is 0 Å². The van der Waals surface area contributed by atoms with E-state index >= 15 is 0 Å². The van der Waals surface area contributed by atoms with Crippen LogP contribution in [-0.4, -0.2) is 17.9 Å². The number of nitrogens with one attached hydrogen (secondary N) is 1. The SMILES string of the molecule is CC(CC(N)=O)NC(=O)c1ccccc1. The van der Waals surface area contributed by atoms with E-state index in [0.29, 0.717) is 5.56 Å². The summed E-state index contributed by atoms with van der Waals surface area (Å²) in [6.07, 6.45) is 0.151. The molecular formula is C11H14N2O2. The van der Waals surface area contributed by atoms with Crippen LogP contribution >= 0.6 is 0 Å². The molecular weight excluding hydrogens is 192 g/mol. The number of nitrogens with two attached hydrogens (primary N) is 1. The molecule has 0 saturated carbocycles. The van der Waals surface area contributed by atoms with Crippen LogP contribution in [0.2, 0.25) is 0 Å². The molecule has 0 heterocycles. The second-order valence-electron chi connectivity index (χ2n) is 3.41. The first kappa shape index (κ1) is 11.2. The van der Waals surface area contributed by atoms with Crippen LogP contribution in [0.3, 0.4) is 0 Å². The minimum absolute atomic E-state index is 0.151. The average Bonchev–Trinajstić information content (AvgIpc) is 2.17. The van der Waals surface area contributed by atoms with Gasteiger partial charge in [0.15, 0.2) is 0 Å². The number of carbonyl (C=O) groups excluding carboxylic acids is 2. The minimum atomic E-state index is -0.420. The van der Waals surface area contributed by atoms with Crippen molar-refractivity contribution >= 4 is 11.8 Å². The molecule has 80 valence electrons. The highest BCUT2D eigenvalue weighted by Gasteiger charge is 2.10. The Balaban J connectivity index is 2.53. The van der Waals surface area contributed by atoms with Gasteiger partial charge in [-0.3, -0.25) is 9.59 Å². The number of benzene rings is 1. The van der Waals surface area contributed by atoms with Gasteiger partial charge in [0.2, 0.25) is 5.91 Å². The topological polar surface area (TPSA) is 72.2 Å². The third-order valence-corrected chi connectivity index (χ3v) is 1.92. The lowest BCUT2D eigenvalue weighted by Gasteiger charge is -2.11. The molecule has 1 aromatic rings. The maximum absolute atomic E-state index is 11.6. The lowest BCUT2D eigenvalue weighted by Crippen LogP contribution is -2.35. The Hall–Kier alpha value is -1.84. The molecule has 1 unspecified atom stereocenters. The van der Waals surface area contributed by atoms with Crippen LogP contribution in [0.5, 0.6) is 0 Å². The largest absolute Gasteiger partial charge is 0.370 e. The maximum Gasteiger partial charge on any atom is 0.251 e. The summed E-state index contributed by atoms with van der Waals surface area (Å²) in [5, 5.41) is 2.69. The predicted molar refractivity (Wildman–Crippen MR) is 57.2 cm³/mol. The van der Waals surface area contributed by atoms with E-state index in [-0.39, 0.29) is 18.4 Å². The van der Waals surface area contributed by atoms with E-state index in [2.05, 4.69) is 5.32 Å². The monoisotopic (exact) mass is 206 g/mol. The molecule has 0 spiro atoms. The molecule has 0 saturated heterocycles. The molecule has 2 amide bonds. The molecule has 0 aromatic heterocycles. The van der Waals surface area contributed by atoms with Crippen molar-refractivity contribution in [1.29, 1.82) is 0 Å². The molecule has 1 aromatic carbocycles. The zero-order valence-electron chi connectivity index (χ0n) is 8.57. The highest BCUT2D eigenvalue weighted by Crippen LogP contribution is 1.99. The molecule has 1 atom stereocenters. The molecule has 0 radical (unpaired) electrons. The summed E-state index contributed by atoms with van der Waals surface area (Å²) in [6.45, 7) is 1.74. The van der Waals surface area contributed by atoms with Crippen LogP contribution in [0.4, 0.5) is 0 Å². The fourth-order valence-corrected chi connectivity index (χ4v) is 1.25. The van der Waals surface area contributed by atoms with Crippen LogP contribution in [0.1, 0.15) is 23.7 Å². The second kappa shape index (κ2) is 5.14. The van der Waals surface area contributed by atoms with Crippen molar-refractivity contribution in [2.45, 2.75) is 19.4 Å². The summed E-state index contributed by atoms with van der Waals surface area (Å²) in [5.41, 5.74) is 5.60. The number of carbonyl (C=O) groups is 2. The molecule has 3 N–H and O–H groups in total. The standard InChI is InChI=1S/C11H14N2O2/c1-8(7-10(12)14)13-11(15)9-5-3-2-4-6-9/h2-6,8H,7H2,1H3,(H2,12,14)(H,13,15). The molecule has 4 nitrogen and oxygen atoms in total. The highest BCUT2D eigenvalue weighted by molar-refractivity contribution is 5.94. The Bertz CT molecular complexity index is 349. The van der Waals surface area contributed by atoms with Gasteiger partial charge in [0, 0.05) is 18.0 Å². The summed E-state index contributed by atoms with van der Waals surface area (Å²) in [5.74, 6) is -0.611. The van der Waals surface area contributed by atoms with Gasteiger partial charge in [-0.25, -0.2) is 0 Å². The first-order chi connectivity index (χ1) is 7.09. The van der Waals surface area contributed by atoms with Gasteiger partial charge in [-0.05, 0) is 19.1 Å². The summed E-state index contributed by atoms with van der Waals surface area (Å²) >= 11 is 0. The number of hydrogen-bond acceptors (Lipinski definition) is 2. The minimum Gasteiger partial charge on any atom is -0.370 e. The molecule has 0 aliphatic rings. The number of hydrogen-bond donors (Lipinski definition) is 2. The van der Waals surface area contributed by atoms with Gasteiger partial charge >= 0.3 is 0 Å². The first-order valence-corrected chi connectivity index (χ1v) is 4.74. The van der Waals surface area contributed by atoms with Crippen LogP contribution in [0.15, 0.2) is 30.3 Å². The van der Waals surface area contributed by atoms with Crippen molar-refractivity contribution < 1.29 is 9.59 Å². The molecule has 1 rings (SSSR count). The molecule has 0 aliphatic heterocycles. The van der Waals surface area contributed by atoms with Gasteiger partial charge in [0.1, 0.15) is 0 Å². The van der Waals surface area contributed by atoms with Gasteiger partial charge in [-0.15, -0.1) is 0 Å². The predicted octanol–water partition coefficient (Wildman–Crippen LogP) is 0.680. The number of rotatable bonds is 4. The van der Waals surface area contributed by atoms with E-state index in [1.165, 1.54) is 0 Å². The second-order valence-corrected chi connectivity index (χ2v) is 3.41. The number of amides is 2. The van der Waals surface area contributed by atoms with Gasteiger partial charge in [0.05, 0.1) is 0 Å². The third-order valence-electron chi connectivity index (χ3n) is 1.92. The summed E-state index contributed by atoms with van der Waals surface area (Å²) in [4.78, 5) is 22.2. The van der Waals surface area contributed by atoms with E-state index in [4.69, 9.17) is 5.73 Å². The molecule has 4 heteroatoms. The van der Waals surface area contributed by atoms with Crippen molar-refractivity contribution in [2.75, 3.05) is 0 Å². The zero-order valence-corrected chi connectivity index (χ0v) is 8.57. The lowest BCUT2D eigenvalue weighted by atomic mass is 10.2. The Morgan fingerprint density at radius 2 is 1.93 bits per heavy atom. The van der Waals surface area contributed by atoms with Crippen molar-refractivity contribution in [2.24, 2.45) is 5.73 Å². The van der Waals surface area contributed by atoms with Crippen molar-refractivity contribution in [1.82, 2.24) is 5.32 Å². The summed E-state index contributed by atoms with van der Waals surface area (Å²) in [6, 6.07) is 8.60. The van der Waals surface area contributed by atoms with E-state index in [1.54, 1.807) is 31.2 Å². The van der Waals surface area contributed by atoms with Gasteiger partial charge < -0.3 is 11.1 Å². The summed E-state index contributed by atoms with van der Waals surface area (Å²) in [7, 11) is 0. The fraction of sp³-hybridized carbons (Fsp3) is 0.273. The van der Waals surface area contributed by atoms with Crippen molar-refractivity contribution in [3.8, 4) is 0 Å². The Morgan fingerprint density at radius 3 is 2.47 bits per heavy atom. The Kier molecular flexibility index (Phi) is 3.85. The lowest BCUT2D eigenvalue weighted by molar-refractivity contribution is -0.118. The Labute approximate surface area is 88.5 Å². The van der Waals surface area contributed by atoms with E-state index < -0.39 is 5.91 Å². The van der Waals surface area contributed by atoms with E-state index in [1.807, 2.05) is 6.07 Å². The zero-order chi connectivity index (χ0) is 11.3. The molecule has 0 bridgehead atoms. The Morgan fingerprint density at radius 1 is 1.33 bits per heavy atom. The molecule has 0 aliphatic carbocycles. The van der Waals surface area contributed by atoms with E-state index in [0.717, 1.165) is 0 Å². The third kappa shape index (κ3) is 3.81. The number of primary amides is 1. The van der Waals surface area contributed by atoms with Gasteiger partial charge in [-0.2, -0.15) is 0 Å². The van der Waals surface area contributed by atoms with Crippen molar-refractivity contribution in [3.05, 3.63) is 35.9 Å². The highest BCUT2D eigenvalue weighted by atomic mass is 16.2.